The molecule has 1 amide bonds. The molecule has 0 bridgehead atoms. The average Bonchev–Trinajstić information content (AvgIpc) is 2.53. The Morgan fingerprint density at radius 3 is 2.10 bits per heavy atom. The van der Waals surface area contributed by atoms with Gasteiger partial charge in [0.2, 0.25) is 0 Å². The fourth-order valence-corrected chi connectivity index (χ4v) is 1.64. The van der Waals surface area contributed by atoms with Gasteiger partial charge >= 0.3 is 0 Å². The summed E-state index contributed by atoms with van der Waals surface area (Å²) in [5.41, 5.74) is 2.74. The van der Waals surface area contributed by atoms with Gasteiger partial charge < -0.3 is 5.32 Å². The Labute approximate surface area is 125 Å². The molecule has 0 atom stereocenters. The molecule has 0 saturated heterocycles. The molecular formula is C17H17N3O. The molecule has 2 rings (SSSR count). The summed E-state index contributed by atoms with van der Waals surface area (Å²) >= 11 is 0. The van der Waals surface area contributed by atoms with Crippen LogP contribution in [0.2, 0.25) is 1.41 Å². The molecule has 4 heteroatoms. The molecule has 2 aromatic carbocycles. The lowest BCUT2D eigenvalue weighted by atomic mass is 10.2. The van der Waals surface area contributed by atoms with E-state index in [1.807, 2.05) is 24.3 Å². The van der Waals surface area contributed by atoms with Gasteiger partial charge in [0.25, 0.3) is 5.91 Å². The molecule has 21 heavy (non-hydrogen) atoms. The fraction of sp³-hybridized carbons (Fsp3) is 0.0588. The van der Waals surface area contributed by atoms with Crippen LogP contribution in [-0.2, 0) is 4.79 Å². The molecule has 0 radical (unpaired) electrons. The van der Waals surface area contributed by atoms with E-state index in [0.29, 0.717) is 16.9 Å². The Morgan fingerprint density at radius 2 is 1.57 bits per heavy atom. The first-order chi connectivity index (χ1) is 10.6. The SMILES string of the molecule is [2H]N(/N=C(/C(=C)C)C(=O)Nc1ccccc1)c1ccccc1. The predicted octanol–water partition coefficient (Wildman–Crippen LogP) is 3.67. The topological polar surface area (TPSA) is 53.5 Å². The minimum Gasteiger partial charge on any atom is -0.321 e. The van der Waals surface area contributed by atoms with E-state index in [9.17, 15) is 4.79 Å². The van der Waals surface area contributed by atoms with Crippen LogP contribution >= 0.6 is 0 Å². The Kier molecular flexibility index (Phi) is 4.40. The molecule has 0 unspecified atom stereocenters. The van der Waals surface area contributed by atoms with E-state index in [0.717, 1.165) is 5.42 Å². The summed E-state index contributed by atoms with van der Waals surface area (Å²) in [6.45, 7) is 5.45. The normalized spacial score (nSPS) is 11.5. The predicted molar refractivity (Wildman–Crippen MR) is 87.4 cm³/mol. The zero-order chi connectivity index (χ0) is 15.9. The maximum absolute atomic E-state index is 12.3. The number of rotatable bonds is 5. The van der Waals surface area contributed by atoms with E-state index >= 15 is 0 Å². The van der Waals surface area contributed by atoms with Crippen molar-refractivity contribution >= 4 is 23.0 Å². The molecule has 0 aliphatic rings. The first-order valence-electron chi connectivity index (χ1n) is 6.97. The van der Waals surface area contributed by atoms with E-state index < -0.39 is 5.91 Å². The molecule has 0 heterocycles. The Hall–Kier alpha value is -2.88. The van der Waals surface area contributed by atoms with Crippen molar-refractivity contribution in [2.45, 2.75) is 6.92 Å². The van der Waals surface area contributed by atoms with E-state index in [2.05, 4.69) is 17.0 Å². The fourth-order valence-electron chi connectivity index (χ4n) is 1.64. The molecule has 4 nitrogen and oxygen atoms in total. The van der Waals surface area contributed by atoms with E-state index in [1.165, 1.54) is 0 Å². The zero-order valence-corrected chi connectivity index (χ0v) is 11.8. The van der Waals surface area contributed by atoms with Crippen molar-refractivity contribution < 1.29 is 6.21 Å². The molecule has 0 saturated carbocycles. The molecule has 0 fully saturated rings. The summed E-state index contributed by atoms with van der Waals surface area (Å²) in [5, 5.41) is 6.79. The van der Waals surface area contributed by atoms with Gasteiger partial charge in [-0.25, -0.2) is 0 Å². The lowest BCUT2D eigenvalue weighted by molar-refractivity contribution is -0.110. The van der Waals surface area contributed by atoms with Crippen LogP contribution in [-0.4, -0.2) is 11.6 Å². The second-order valence-electron chi connectivity index (χ2n) is 4.48. The highest BCUT2D eigenvalue weighted by molar-refractivity contribution is 6.48. The first kappa shape index (κ1) is 13.1. The van der Waals surface area contributed by atoms with Crippen LogP contribution < -0.4 is 10.7 Å². The van der Waals surface area contributed by atoms with Gasteiger partial charge in [-0.3, -0.25) is 10.2 Å². The van der Waals surface area contributed by atoms with Crippen molar-refractivity contribution in [1.82, 2.24) is 0 Å². The molecule has 0 aliphatic heterocycles. The Bertz CT molecular complexity index is 684. The number of nitrogens with one attached hydrogen (secondary N) is 2. The summed E-state index contributed by atoms with van der Waals surface area (Å²) in [7, 11) is 0. The van der Waals surface area contributed by atoms with Crippen LogP contribution in [0, 0.1) is 0 Å². The first-order valence-corrected chi connectivity index (χ1v) is 6.53. The summed E-state index contributed by atoms with van der Waals surface area (Å²) in [6.07, 6.45) is 0. The highest BCUT2D eigenvalue weighted by Gasteiger charge is 2.12. The molecule has 2 aromatic rings. The second kappa shape index (κ2) is 7.05. The monoisotopic (exact) mass is 280 g/mol. The number of hydrogen-bond acceptors (Lipinski definition) is 3. The maximum atomic E-state index is 12.3. The lowest BCUT2D eigenvalue weighted by Crippen LogP contribution is -2.24. The van der Waals surface area contributed by atoms with Crippen molar-refractivity contribution in [3.8, 4) is 0 Å². The van der Waals surface area contributed by atoms with Crippen LogP contribution in [0.4, 0.5) is 11.4 Å². The molecule has 106 valence electrons. The van der Waals surface area contributed by atoms with Crippen molar-refractivity contribution in [3.05, 3.63) is 72.8 Å². The van der Waals surface area contributed by atoms with Crippen molar-refractivity contribution in [3.63, 3.8) is 0 Å². The minimum atomic E-state index is -0.396. The number of hydrazone groups is 1. The lowest BCUT2D eigenvalue weighted by Gasteiger charge is -2.08. The standard InChI is InChI=1S/C17H17N3O/c1-13(2)16(20-19-15-11-7-4-8-12-15)17(21)18-14-9-5-3-6-10-14/h3-12,19H,1H2,2H3,(H,18,21)/b20-16-/i/hD. The number of nitrogens with zero attached hydrogens (tertiary/aromatic N) is 1. The van der Waals surface area contributed by atoms with Crippen LogP contribution in [0.1, 0.15) is 6.92 Å². The third-order valence-corrected chi connectivity index (χ3v) is 2.67. The van der Waals surface area contributed by atoms with E-state index in [4.69, 9.17) is 1.41 Å². The zero-order valence-electron chi connectivity index (χ0n) is 12.8. The van der Waals surface area contributed by atoms with Gasteiger partial charge in [-0.1, -0.05) is 43.0 Å². The van der Waals surface area contributed by atoms with Gasteiger partial charge in [0.05, 0.1) is 5.69 Å². The maximum Gasteiger partial charge on any atom is 0.276 e. The summed E-state index contributed by atoms with van der Waals surface area (Å²) in [4.78, 5) is 12.3. The van der Waals surface area contributed by atoms with Crippen LogP contribution in [0.3, 0.4) is 0 Å². The molecule has 0 aromatic heterocycles. The van der Waals surface area contributed by atoms with Crippen molar-refractivity contribution in [2.75, 3.05) is 10.7 Å². The highest BCUT2D eigenvalue weighted by Crippen LogP contribution is 2.08. The number of amides is 1. The number of carbonyl (C=O) groups excluding carboxylic acids is 1. The van der Waals surface area contributed by atoms with Gasteiger partial charge in [-0.15, -0.1) is 0 Å². The van der Waals surface area contributed by atoms with Crippen LogP contribution in [0.15, 0.2) is 77.9 Å². The molecule has 0 aliphatic carbocycles. The number of para-hydroxylation sites is 2. The third kappa shape index (κ3) is 4.31. The largest absolute Gasteiger partial charge is 0.321 e. The second-order valence-corrected chi connectivity index (χ2v) is 4.48. The van der Waals surface area contributed by atoms with Gasteiger partial charge in [-0.05, 0) is 36.8 Å². The average molecular weight is 280 g/mol. The number of hydrogen-bond donors (Lipinski definition) is 2. The highest BCUT2D eigenvalue weighted by atomic mass is 16.2. The third-order valence-electron chi connectivity index (χ3n) is 2.67. The van der Waals surface area contributed by atoms with Crippen molar-refractivity contribution in [2.24, 2.45) is 5.10 Å². The Morgan fingerprint density at radius 1 is 1.05 bits per heavy atom. The quantitative estimate of drug-likeness (QED) is 0.648. The molecule has 2 N–H and O–H groups in total. The van der Waals surface area contributed by atoms with Crippen LogP contribution in [0.5, 0.6) is 0 Å². The Balaban J connectivity index is 2.20. The summed E-state index contributed by atoms with van der Waals surface area (Å²) < 4.78 is 7.93. The van der Waals surface area contributed by atoms with E-state index in [-0.39, 0.29) is 5.71 Å². The molecular weight excluding hydrogens is 262 g/mol. The number of carbonyl (C=O) groups is 1. The smallest absolute Gasteiger partial charge is 0.276 e. The summed E-state index contributed by atoms with van der Waals surface area (Å²) in [5.74, 6) is -0.396. The molecule has 0 spiro atoms. The van der Waals surface area contributed by atoms with Gasteiger partial charge in [0, 0.05) is 5.69 Å². The number of anilines is 2. The number of benzene rings is 2. The van der Waals surface area contributed by atoms with Gasteiger partial charge in [0.15, 0.2) is 7.12 Å². The van der Waals surface area contributed by atoms with Gasteiger partial charge in [-0.2, -0.15) is 5.10 Å². The van der Waals surface area contributed by atoms with E-state index in [1.54, 1.807) is 43.3 Å². The van der Waals surface area contributed by atoms with Crippen molar-refractivity contribution in [1.29, 1.82) is 0 Å². The minimum absolute atomic E-state index is 0.114. The van der Waals surface area contributed by atoms with Crippen LogP contribution in [0.25, 0.3) is 0 Å². The summed E-state index contributed by atoms with van der Waals surface area (Å²) in [6, 6.07) is 18.0. The van der Waals surface area contributed by atoms with Gasteiger partial charge in [0.1, 0.15) is 0 Å².